The highest BCUT2D eigenvalue weighted by Gasteiger charge is 2.74. The Labute approximate surface area is 109 Å². The third-order valence-electron chi connectivity index (χ3n) is 5.92. The lowest BCUT2D eigenvalue weighted by Crippen LogP contribution is -2.82. The van der Waals surface area contributed by atoms with Crippen LogP contribution in [0.2, 0.25) is 0 Å². The van der Waals surface area contributed by atoms with Gasteiger partial charge in [-0.15, -0.1) is 0 Å². The Kier molecular flexibility index (Phi) is 2.56. The number of hydrogen-bond acceptors (Lipinski definition) is 3. The highest BCUT2D eigenvalue weighted by molar-refractivity contribution is 5.96. The molecule has 4 rings (SSSR count). The summed E-state index contributed by atoms with van der Waals surface area (Å²) in [6.07, 6.45) is 10.5. The Hall–Kier alpha value is -0.410. The molecule has 4 aliphatic rings. The predicted molar refractivity (Wildman–Crippen MR) is 68.4 cm³/mol. The number of rotatable bonds is 1. The molecule has 0 aromatic carbocycles. The molecule has 0 radical (unpaired) electrons. The SMILES string of the molecule is O=C1CC2N(C3CCCCCCC3)C3COCC132. The Morgan fingerprint density at radius 3 is 2.50 bits per heavy atom. The average Bonchev–Trinajstić information content (AvgIpc) is 2.74. The van der Waals surface area contributed by atoms with Gasteiger partial charge in [-0.05, 0) is 12.8 Å². The van der Waals surface area contributed by atoms with Gasteiger partial charge in [0.15, 0.2) is 0 Å². The Morgan fingerprint density at radius 1 is 1.06 bits per heavy atom. The van der Waals surface area contributed by atoms with Gasteiger partial charge in [0.2, 0.25) is 0 Å². The third kappa shape index (κ3) is 1.30. The molecule has 4 fully saturated rings. The first-order valence-corrected chi connectivity index (χ1v) is 7.72. The fraction of sp³-hybridized carbons (Fsp3) is 0.933. The average molecular weight is 249 g/mol. The zero-order valence-electron chi connectivity index (χ0n) is 11.1. The summed E-state index contributed by atoms with van der Waals surface area (Å²) in [6.45, 7) is 1.52. The van der Waals surface area contributed by atoms with Crippen LogP contribution in [0.15, 0.2) is 0 Å². The molecule has 1 spiro atoms. The molecule has 0 amide bonds. The van der Waals surface area contributed by atoms with Crippen molar-refractivity contribution in [1.82, 2.24) is 4.90 Å². The van der Waals surface area contributed by atoms with Gasteiger partial charge in [-0.1, -0.05) is 32.1 Å². The standard InChI is InChI=1S/C15H23NO2/c17-14-8-12-15(14)10-18-9-13(15)16(12)11-6-4-2-1-3-5-7-11/h11-13H,1-10H2. The lowest BCUT2D eigenvalue weighted by atomic mass is 9.52. The summed E-state index contributed by atoms with van der Waals surface area (Å²) in [5.74, 6) is 0.483. The first kappa shape index (κ1) is 11.4. The van der Waals surface area contributed by atoms with Gasteiger partial charge in [-0.2, -0.15) is 0 Å². The Balaban J connectivity index is 1.50. The largest absolute Gasteiger partial charge is 0.379 e. The summed E-state index contributed by atoms with van der Waals surface area (Å²) in [4.78, 5) is 14.6. The summed E-state index contributed by atoms with van der Waals surface area (Å²) >= 11 is 0. The second-order valence-corrected chi connectivity index (χ2v) is 6.66. The number of carbonyl (C=O) groups is 1. The number of ether oxygens (including phenoxy) is 1. The molecular weight excluding hydrogens is 226 g/mol. The van der Waals surface area contributed by atoms with Crippen LogP contribution >= 0.6 is 0 Å². The molecule has 2 aliphatic carbocycles. The van der Waals surface area contributed by atoms with E-state index in [4.69, 9.17) is 4.74 Å². The number of Topliss-reactive ketones (excluding diaryl/α,β-unsaturated/α-hetero) is 1. The number of piperidine rings is 1. The van der Waals surface area contributed by atoms with Crippen LogP contribution in [0.1, 0.15) is 51.4 Å². The smallest absolute Gasteiger partial charge is 0.146 e. The molecule has 0 bridgehead atoms. The minimum atomic E-state index is -0.0393. The van der Waals surface area contributed by atoms with Gasteiger partial charge in [0.1, 0.15) is 5.78 Å². The maximum absolute atomic E-state index is 11.9. The minimum Gasteiger partial charge on any atom is -0.379 e. The number of hydrogen-bond donors (Lipinski definition) is 0. The molecule has 0 aromatic rings. The number of ketones is 1. The highest BCUT2D eigenvalue weighted by Crippen LogP contribution is 2.59. The van der Waals surface area contributed by atoms with Crippen LogP contribution in [0.4, 0.5) is 0 Å². The van der Waals surface area contributed by atoms with Crippen LogP contribution in [0.5, 0.6) is 0 Å². The van der Waals surface area contributed by atoms with Crippen LogP contribution in [-0.2, 0) is 9.53 Å². The van der Waals surface area contributed by atoms with Crippen LogP contribution in [0, 0.1) is 5.41 Å². The van der Waals surface area contributed by atoms with Crippen LogP contribution in [0.3, 0.4) is 0 Å². The van der Waals surface area contributed by atoms with Gasteiger partial charge in [0.25, 0.3) is 0 Å². The van der Waals surface area contributed by atoms with E-state index in [0.29, 0.717) is 24.5 Å². The summed E-state index contributed by atoms with van der Waals surface area (Å²) in [5, 5.41) is 0. The molecular formula is C15H23NO2. The third-order valence-corrected chi connectivity index (χ3v) is 5.92. The molecule has 0 aromatic heterocycles. The van der Waals surface area contributed by atoms with Gasteiger partial charge in [-0.25, -0.2) is 0 Å². The fourth-order valence-corrected chi connectivity index (χ4v) is 4.87. The normalized spacial score (nSPS) is 45.4. The van der Waals surface area contributed by atoms with Gasteiger partial charge >= 0.3 is 0 Å². The van der Waals surface area contributed by atoms with Gasteiger partial charge < -0.3 is 4.74 Å². The number of nitrogens with zero attached hydrogens (tertiary/aromatic N) is 1. The maximum Gasteiger partial charge on any atom is 0.146 e. The van der Waals surface area contributed by atoms with E-state index in [-0.39, 0.29) is 5.41 Å². The van der Waals surface area contributed by atoms with Crippen LogP contribution in [0.25, 0.3) is 0 Å². The molecule has 2 heterocycles. The molecule has 100 valence electrons. The van der Waals surface area contributed by atoms with Crippen molar-refractivity contribution in [2.45, 2.75) is 69.5 Å². The van der Waals surface area contributed by atoms with E-state index in [2.05, 4.69) is 4.90 Å². The van der Waals surface area contributed by atoms with Crippen molar-refractivity contribution in [3.8, 4) is 0 Å². The van der Waals surface area contributed by atoms with Crippen LogP contribution < -0.4 is 0 Å². The van der Waals surface area contributed by atoms with Crippen molar-refractivity contribution in [3.63, 3.8) is 0 Å². The van der Waals surface area contributed by atoms with Gasteiger partial charge in [-0.3, -0.25) is 9.69 Å². The highest BCUT2D eigenvalue weighted by atomic mass is 16.5. The zero-order chi connectivity index (χ0) is 12.2. The molecule has 2 saturated heterocycles. The van der Waals surface area contributed by atoms with E-state index in [9.17, 15) is 4.79 Å². The first-order chi connectivity index (χ1) is 8.84. The Morgan fingerprint density at radius 2 is 1.78 bits per heavy atom. The second-order valence-electron chi connectivity index (χ2n) is 6.66. The van der Waals surface area contributed by atoms with Crippen molar-refractivity contribution in [3.05, 3.63) is 0 Å². The molecule has 3 atom stereocenters. The Bertz CT molecular complexity index is 362. The molecule has 3 heteroatoms. The lowest BCUT2D eigenvalue weighted by molar-refractivity contribution is -0.199. The quantitative estimate of drug-likeness (QED) is 0.713. The van der Waals surface area contributed by atoms with E-state index in [1.807, 2.05) is 0 Å². The number of carbonyl (C=O) groups excluding carboxylic acids is 1. The molecule has 3 unspecified atom stereocenters. The summed E-state index contributed by atoms with van der Waals surface area (Å²) in [6, 6.07) is 1.72. The van der Waals surface area contributed by atoms with Gasteiger partial charge in [0.05, 0.1) is 18.6 Å². The monoisotopic (exact) mass is 249 g/mol. The number of likely N-dealkylation sites (tertiary alicyclic amines) is 1. The van der Waals surface area contributed by atoms with E-state index in [1.165, 1.54) is 44.9 Å². The zero-order valence-corrected chi connectivity index (χ0v) is 11.1. The summed E-state index contributed by atoms with van der Waals surface area (Å²) in [5.41, 5.74) is -0.0393. The van der Waals surface area contributed by atoms with E-state index in [0.717, 1.165) is 19.1 Å². The van der Waals surface area contributed by atoms with E-state index < -0.39 is 0 Å². The molecule has 3 nitrogen and oxygen atoms in total. The topological polar surface area (TPSA) is 29.5 Å². The van der Waals surface area contributed by atoms with Crippen molar-refractivity contribution >= 4 is 5.78 Å². The predicted octanol–water partition coefficient (Wildman–Crippen LogP) is 2.14. The molecule has 2 aliphatic heterocycles. The van der Waals surface area contributed by atoms with E-state index in [1.54, 1.807) is 0 Å². The van der Waals surface area contributed by atoms with Crippen molar-refractivity contribution in [1.29, 1.82) is 0 Å². The first-order valence-electron chi connectivity index (χ1n) is 7.72. The molecule has 0 N–H and O–H groups in total. The fourth-order valence-electron chi connectivity index (χ4n) is 4.87. The lowest BCUT2D eigenvalue weighted by Gasteiger charge is -2.67. The summed E-state index contributed by atoms with van der Waals surface area (Å²) < 4.78 is 5.64. The van der Waals surface area contributed by atoms with Crippen LogP contribution in [-0.4, -0.2) is 42.0 Å². The molecule has 18 heavy (non-hydrogen) atoms. The molecule has 2 saturated carbocycles. The maximum atomic E-state index is 11.9. The van der Waals surface area contributed by atoms with E-state index >= 15 is 0 Å². The van der Waals surface area contributed by atoms with Crippen molar-refractivity contribution in [2.75, 3.05) is 13.2 Å². The van der Waals surface area contributed by atoms with Crippen molar-refractivity contribution < 1.29 is 9.53 Å². The van der Waals surface area contributed by atoms with Crippen molar-refractivity contribution in [2.24, 2.45) is 5.41 Å². The second kappa shape index (κ2) is 4.04. The van der Waals surface area contributed by atoms with Gasteiger partial charge in [0, 0.05) is 24.5 Å². The minimum absolute atomic E-state index is 0.0393. The summed E-state index contributed by atoms with van der Waals surface area (Å²) in [7, 11) is 0.